The van der Waals surface area contributed by atoms with Gasteiger partial charge in [-0.15, -0.1) is 0 Å². The van der Waals surface area contributed by atoms with Gasteiger partial charge in [-0.05, 0) is 38.1 Å². The van der Waals surface area contributed by atoms with Gasteiger partial charge in [0.2, 0.25) is 0 Å². The fourth-order valence-corrected chi connectivity index (χ4v) is 2.24. The summed E-state index contributed by atoms with van der Waals surface area (Å²) in [6.07, 6.45) is 3.44. The van der Waals surface area contributed by atoms with Gasteiger partial charge < -0.3 is 5.32 Å². The van der Waals surface area contributed by atoms with Crippen LogP contribution >= 0.6 is 11.6 Å². The van der Waals surface area contributed by atoms with Gasteiger partial charge in [-0.2, -0.15) is 5.10 Å². The van der Waals surface area contributed by atoms with E-state index in [9.17, 15) is 0 Å². The average molecular weight is 279 g/mol. The van der Waals surface area contributed by atoms with Crippen molar-refractivity contribution in [2.75, 3.05) is 7.05 Å². The molecule has 1 atom stereocenters. The van der Waals surface area contributed by atoms with Gasteiger partial charge in [-0.3, -0.25) is 4.68 Å². The number of rotatable bonds is 6. The Labute approximate surface area is 118 Å². The third-order valence-corrected chi connectivity index (χ3v) is 3.48. The van der Waals surface area contributed by atoms with E-state index >= 15 is 0 Å². The van der Waals surface area contributed by atoms with Crippen molar-refractivity contribution in [2.45, 2.75) is 32.4 Å². The first-order valence-corrected chi connectivity index (χ1v) is 6.89. The molecule has 2 rings (SSSR count). The van der Waals surface area contributed by atoms with Crippen molar-refractivity contribution in [1.29, 1.82) is 0 Å². The molecule has 1 unspecified atom stereocenters. The number of hydrogen-bond donors (Lipinski definition) is 1. The number of nitrogens with zero attached hydrogens (tertiary/aromatic N) is 3. The first-order valence-electron chi connectivity index (χ1n) is 6.51. The Kier molecular flexibility index (Phi) is 4.93. The van der Waals surface area contributed by atoms with Gasteiger partial charge in [-0.1, -0.05) is 23.7 Å². The lowest BCUT2D eigenvalue weighted by Gasteiger charge is -2.16. The van der Waals surface area contributed by atoms with Crippen molar-refractivity contribution in [3.05, 3.63) is 47.0 Å². The molecule has 4 nitrogen and oxygen atoms in total. The molecule has 2 aromatic rings. The van der Waals surface area contributed by atoms with Crippen LogP contribution in [-0.4, -0.2) is 27.9 Å². The second-order valence-corrected chi connectivity index (χ2v) is 4.95. The third kappa shape index (κ3) is 3.78. The number of benzene rings is 1. The molecule has 0 bridgehead atoms. The van der Waals surface area contributed by atoms with E-state index in [1.54, 1.807) is 6.33 Å². The quantitative estimate of drug-likeness (QED) is 0.882. The molecule has 19 heavy (non-hydrogen) atoms. The van der Waals surface area contributed by atoms with Gasteiger partial charge >= 0.3 is 0 Å². The predicted molar refractivity (Wildman–Crippen MR) is 77.4 cm³/mol. The van der Waals surface area contributed by atoms with E-state index in [4.69, 9.17) is 11.6 Å². The van der Waals surface area contributed by atoms with Crippen molar-refractivity contribution in [1.82, 2.24) is 20.1 Å². The number of halogens is 1. The Morgan fingerprint density at radius 2 is 2.00 bits per heavy atom. The van der Waals surface area contributed by atoms with Crippen LogP contribution in [0.2, 0.25) is 5.02 Å². The second-order valence-electron chi connectivity index (χ2n) is 4.51. The predicted octanol–water partition coefficient (Wildman–Crippen LogP) is 2.32. The highest BCUT2D eigenvalue weighted by atomic mass is 35.5. The smallest absolute Gasteiger partial charge is 0.138 e. The van der Waals surface area contributed by atoms with Gasteiger partial charge in [0.1, 0.15) is 12.2 Å². The fraction of sp³-hybridized carbons (Fsp3) is 0.429. The van der Waals surface area contributed by atoms with Crippen LogP contribution in [0.1, 0.15) is 18.3 Å². The Morgan fingerprint density at radius 1 is 1.26 bits per heavy atom. The molecular formula is C14H19ClN4. The van der Waals surface area contributed by atoms with Crippen LogP contribution in [0.5, 0.6) is 0 Å². The molecule has 5 heteroatoms. The zero-order valence-electron chi connectivity index (χ0n) is 11.3. The van der Waals surface area contributed by atoms with Crippen LogP contribution in [0.3, 0.4) is 0 Å². The molecule has 1 aromatic heterocycles. The monoisotopic (exact) mass is 278 g/mol. The van der Waals surface area contributed by atoms with E-state index in [2.05, 4.69) is 34.5 Å². The summed E-state index contributed by atoms with van der Waals surface area (Å²) in [5.41, 5.74) is 1.27. The number of hydrogen-bond acceptors (Lipinski definition) is 3. The number of likely N-dealkylation sites (N-methyl/N-ethyl adjacent to an activating group) is 1. The van der Waals surface area contributed by atoms with Crippen molar-refractivity contribution < 1.29 is 0 Å². The van der Waals surface area contributed by atoms with Crippen LogP contribution in [0.25, 0.3) is 0 Å². The molecule has 0 aliphatic rings. The largest absolute Gasteiger partial charge is 0.316 e. The van der Waals surface area contributed by atoms with Crippen LogP contribution in [0, 0.1) is 0 Å². The standard InChI is InChI=1S/C14H19ClN4/c1-3-19-14(17-10-18-19)9-13(16-2)8-11-4-6-12(15)7-5-11/h4-7,10,13,16H,3,8-9H2,1-2H3. The number of nitrogens with one attached hydrogen (secondary N) is 1. The normalized spacial score (nSPS) is 12.6. The SMILES string of the molecule is CCn1ncnc1CC(Cc1ccc(Cl)cc1)NC. The Balaban J connectivity index is 2.02. The summed E-state index contributed by atoms with van der Waals surface area (Å²) in [6, 6.07) is 8.33. The summed E-state index contributed by atoms with van der Waals surface area (Å²) in [5.74, 6) is 1.02. The molecular weight excluding hydrogens is 260 g/mol. The number of aromatic nitrogens is 3. The van der Waals surface area contributed by atoms with E-state index in [0.717, 1.165) is 30.2 Å². The fourth-order valence-electron chi connectivity index (χ4n) is 2.11. The minimum atomic E-state index is 0.343. The highest BCUT2D eigenvalue weighted by Gasteiger charge is 2.12. The van der Waals surface area contributed by atoms with E-state index in [1.165, 1.54) is 5.56 Å². The molecule has 102 valence electrons. The van der Waals surface area contributed by atoms with E-state index in [0.29, 0.717) is 6.04 Å². The molecule has 0 spiro atoms. The van der Waals surface area contributed by atoms with Crippen molar-refractivity contribution in [2.24, 2.45) is 0 Å². The van der Waals surface area contributed by atoms with E-state index in [1.807, 2.05) is 23.9 Å². The molecule has 0 fully saturated rings. The second kappa shape index (κ2) is 6.68. The van der Waals surface area contributed by atoms with E-state index in [-0.39, 0.29) is 0 Å². The third-order valence-electron chi connectivity index (χ3n) is 3.23. The van der Waals surface area contributed by atoms with Crippen molar-refractivity contribution in [3.63, 3.8) is 0 Å². The lowest BCUT2D eigenvalue weighted by molar-refractivity contribution is 0.513. The summed E-state index contributed by atoms with van der Waals surface area (Å²) < 4.78 is 1.94. The molecule has 0 aliphatic heterocycles. The zero-order valence-corrected chi connectivity index (χ0v) is 12.1. The summed E-state index contributed by atoms with van der Waals surface area (Å²) in [5, 5.41) is 8.32. The molecule has 0 aliphatic carbocycles. The summed E-state index contributed by atoms with van der Waals surface area (Å²) >= 11 is 5.90. The summed E-state index contributed by atoms with van der Waals surface area (Å²) in [6.45, 7) is 2.93. The maximum atomic E-state index is 5.90. The zero-order chi connectivity index (χ0) is 13.7. The maximum absolute atomic E-state index is 5.90. The molecule has 1 aromatic carbocycles. The first-order chi connectivity index (χ1) is 9.22. The Morgan fingerprint density at radius 3 is 2.63 bits per heavy atom. The topological polar surface area (TPSA) is 42.7 Å². The van der Waals surface area contributed by atoms with Gasteiger partial charge in [0.25, 0.3) is 0 Å². The molecule has 0 amide bonds. The van der Waals surface area contributed by atoms with Gasteiger partial charge in [-0.25, -0.2) is 4.98 Å². The Bertz CT molecular complexity index is 506. The molecule has 1 N–H and O–H groups in total. The number of aryl methyl sites for hydroxylation is 1. The summed E-state index contributed by atoms with van der Waals surface area (Å²) in [7, 11) is 1.98. The van der Waals surface area contributed by atoms with E-state index < -0.39 is 0 Å². The molecule has 0 saturated heterocycles. The lowest BCUT2D eigenvalue weighted by atomic mass is 10.0. The van der Waals surface area contributed by atoms with Crippen LogP contribution in [0.15, 0.2) is 30.6 Å². The average Bonchev–Trinajstić information content (AvgIpc) is 2.87. The lowest BCUT2D eigenvalue weighted by Crippen LogP contribution is -2.31. The first kappa shape index (κ1) is 14.0. The molecule has 1 heterocycles. The van der Waals surface area contributed by atoms with Crippen LogP contribution in [-0.2, 0) is 19.4 Å². The highest BCUT2D eigenvalue weighted by molar-refractivity contribution is 6.30. The molecule has 0 saturated carbocycles. The minimum absolute atomic E-state index is 0.343. The van der Waals surface area contributed by atoms with Crippen molar-refractivity contribution in [3.8, 4) is 0 Å². The van der Waals surface area contributed by atoms with Gasteiger partial charge in [0.15, 0.2) is 0 Å². The maximum Gasteiger partial charge on any atom is 0.138 e. The molecule has 0 radical (unpaired) electrons. The van der Waals surface area contributed by atoms with Crippen molar-refractivity contribution >= 4 is 11.6 Å². The van der Waals surface area contributed by atoms with Gasteiger partial charge in [0.05, 0.1) is 0 Å². The highest BCUT2D eigenvalue weighted by Crippen LogP contribution is 2.12. The van der Waals surface area contributed by atoms with Gasteiger partial charge in [0, 0.05) is 24.0 Å². The summed E-state index contributed by atoms with van der Waals surface area (Å²) in [4.78, 5) is 4.32. The minimum Gasteiger partial charge on any atom is -0.316 e. The van der Waals surface area contributed by atoms with Crippen LogP contribution < -0.4 is 5.32 Å². The Hall–Kier alpha value is -1.39. The van der Waals surface area contributed by atoms with Crippen LogP contribution in [0.4, 0.5) is 0 Å².